The lowest BCUT2D eigenvalue weighted by atomic mass is 10.3. The van der Waals surface area contributed by atoms with Crippen LogP contribution in [0.3, 0.4) is 0 Å². The van der Waals surface area contributed by atoms with Crippen LogP contribution in [0.15, 0.2) is 24.3 Å². The van der Waals surface area contributed by atoms with Crippen molar-refractivity contribution in [2.24, 2.45) is 0 Å². The fourth-order valence-corrected chi connectivity index (χ4v) is 3.07. The molecule has 1 aromatic carbocycles. The van der Waals surface area contributed by atoms with E-state index in [1.54, 1.807) is 39.8 Å². The summed E-state index contributed by atoms with van der Waals surface area (Å²) in [5.41, 5.74) is 0.448. The fourth-order valence-electron chi connectivity index (χ4n) is 1.90. The first-order chi connectivity index (χ1) is 10.5. The van der Waals surface area contributed by atoms with E-state index in [9.17, 15) is 9.59 Å². The Hall–Kier alpha value is -1.82. The number of anilines is 1. The first kappa shape index (κ1) is 19.2. The molecular formula is C17H27NO4Si. The molecule has 1 rings (SSSR count). The number of hydrogen-bond acceptors (Lipinski definition) is 4. The lowest BCUT2D eigenvalue weighted by Gasteiger charge is -2.23. The van der Waals surface area contributed by atoms with Gasteiger partial charge in [0.05, 0.1) is 26.0 Å². The lowest BCUT2D eigenvalue weighted by Crippen LogP contribution is -2.41. The van der Waals surface area contributed by atoms with Crippen LogP contribution in [0.25, 0.3) is 0 Å². The van der Waals surface area contributed by atoms with Crippen LogP contribution in [0, 0.1) is 0 Å². The highest BCUT2D eigenvalue weighted by Gasteiger charge is 2.28. The zero-order chi connectivity index (χ0) is 17.8. The second-order valence-corrected chi connectivity index (χ2v) is 12.1. The zero-order valence-corrected chi connectivity index (χ0v) is 16.0. The highest BCUT2D eigenvalue weighted by Crippen LogP contribution is 2.18. The summed E-state index contributed by atoms with van der Waals surface area (Å²) in [4.78, 5) is 25.5. The van der Waals surface area contributed by atoms with Gasteiger partial charge in [-0.05, 0) is 39.8 Å². The van der Waals surface area contributed by atoms with E-state index in [1.807, 2.05) is 12.1 Å². The summed E-state index contributed by atoms with van der Waals surface area (Å²) >= 11 is 0. The number of carbonyl (C=O) groups is 2. The number of benzene rings is 1. The van der Waals surface area contributed by atoms with Gasteiger partial charge >= 0.3 is 12.2 Å². The van der Waals surface area contributed by atoms with Gasteiger partial charge in [0.15, 0.2) is 0 Å². The third-order valence-electron chi connectivity index (χ3n) is 3.03. The third kappa shape index (κ3) is 5.71. The van der Waals surface area contributed by atoms with Crippen LogP contribution in [0.4, 0.5) is 15.3 Å². The minimum Gasteiger partial charge on any atom is -0.446 e. The van der Waals surface area contributed by atoms with Gasteiger partial charge in [-0.2, -0.15) is 4.90 Å². The molecule has 0 fully saturated rings. The summed E-state index contributed by atoms with van der Waals surface area (Å²) in [5, 5.41) is 1.25. The normalized spacial score (nSPS) is 11.5. The molecule has 0 saturated heterocycles. The molecule has 0 saturated carbocycles. The zero-order valence-electron chi connectivity index (χ0n) is 15.0. The molecule has 0 radical (unpaired) electrons. The van der Waals surface area contributed by atoms with Gasteiger partial charge in [0.25, 0.3) is 0 Å². The molecule has 5 nitrogen and oxygen atoms in total. The van der Waals surface area contributed by atoms with Gasteiger partial charge in [0.2, 0.25) is 0 Å². The van der Waals surface area contributed by atoms with Crippen molar-refractivity contribution in [3.8, 4) is 0 Å². The standard InChI is InChI=1S/C17H27NO4Si/c1-12(2)21-16(19)18(17(20)22-13(3)4)14-8-10-15(11-9-14)23(5,6)7/h8-13H,1-7H3. The summed E-state index contributed by atoms with van der Waals surface area (Å²) in [6.07, 6.45) is -2.10. The second kappa shape index (κ2) is 7.63. The molecule has 128 valence electrons. The molecule has 0 aliphatic rings. The van der Waals surface area contributed by atoms with Crippen molar-refractivity contribution in [1.29, 1.82) is 0 Å². The molecule has 0 aromatic heterocycles. The van der Waals surface area contributed by atoms with E-state index < -0.39 is 20.3 Å². The van der Waals surface area contributed by atoms with E-state index in [0.29, 0.717) is 5.69 Å². The van der Waals surface area contributed by atoms with Crippen LogP contribution < -0.4 is 10.1 Å². The van der Waals surface area contributed by atoms with Crippen LogP contribution in [0.5, 0.6) is 0 Å². The van der Waals surface area contributed by atoms with Crippen molar-refractivity contribution in [3.63, 3.8) is 0 Å². The van der Waals surface area contributed by atoms with Gasteiger partial charge in [0.1, 0.15) is 0 Å². The Morgan fingerprint density at radius 3 is 1.57 bits per heavy atom. The second-order valence-electron chi connectivity index (χ2n) is 7.00. The topological polar surface area (TPSA) is 55.8 Å². The maximum Gasteiger partial charge on any atom is 0.424 e. The van der Waals surface area contributed by atoms with Crippen molar-refractivity contribution in [3.05, 3.63) is 24.3 Å². The molecule has 0 bridgehead atoms. The molecule has 0 atom stereocenters. The van der Waals surface area contributed by atoms with E-state index in [4.69, 9.17) is 9.47 Å². The molecule has 0 heterocycles. The first-order valence-electron chi connectivity index (χ1n) is 7.84. The molecule has 0 spiro atoms. The summed E-state index contributed by atoms with van der Waals surface area (Å²) in [6.45, 7) is 13.6. The van der Waals surface area contributed by atoms with Crippen LogP contribution in [0.1, 0.15) is 27.7 Å². The highest BCUT2D eigenvalue weighted by atomic mass is 28.3. The van der Waals surface area contributed by atoms with Crippen molar-refractivity contribution >= 4 is 31.1 Å². The quantitative estimate of drug-likeness (QED) is 0.775. The van der Waals surface area contributed by atoms with Gasteiger partial charge in [-0.3, -0.25) is 0 Å². The van der Waals surface area contributed by atoms with E-state index in [0.717, 1.165) is 4.90 Å². The average molecular weight is 337 g/mol. The third-order valence-corrected chi connectivity index (χ3v) is 5.10. The number of amides is 2. The summed E-state index contributed by atoms with van der Waals surface area (Å²) in [5.74, 6) is 0. The summed E-state index contributed by atoms with van der Waals surface area (Å²) in [6, 6.07) is 7.44. The Labute approximate surface area is 139 Å². The Kier molecular flexibility index (Phi) is 6.38. The molecule has 6 heteroatoms. The molecular weight excluding hydrogens is 310 g/mol. The highest BCUT2D eigenvalue weighted by molar-refractivity contribution is 6.88. The van der Waals surface area contributed by atoms with Crippen LogP contribution in [0.2, 0.25) is 19.6 Å². The lowest BCUT2D eigenvalue weighted by molar-refractivity contribution is 0.104. The molecule has 2 amide bonds. The summed E-state index contributed by atoms with van der Waals surface area (Å²) in [7, 11) is -1.45. The fraction of sp³-hybridized carbons (Fsp3) is 0.529. The van der Waals surface area contributed by atoms with Crippen molar-refractivity contribution < 1.29 is 19.1 Å². The number of rotatable bonds is 4. The molecule has 0 aliphatic carbocycles. The maximum atomic E-state index is 12.3. The number of hydrogen-bond donors (Lipinski definition) is 0. The molecule has 23 heavy (non-hydrogen) atoms. The van der Waals surface area contributed by atoms with Gasteiger partial charge in [-0.15, -0.1) is 0 Å². The largest absolute Gasteiger partial charge is 0.446 e. The van der Waals surface area contributed by atoms with E-state index >= 15 is 0 Å². The van der Waals surface area contributed by atoms with Crippen LogP contribution in [-0.4, -0.2) is 32.5 Å². The molecule has 0 unspecified atom stereocenters. The maximum absolute atomic E-state index is 12.3. The van der Waals surface area contributed by atoms with Crippen LogP contribution >= 0.6 is 0 Å². The Morgan fingerprint density at radius 2 is 1.26 bits per heavy atom. The molecule has 1 aromatic rings. The minimum absolute atomic E-state index is 0.321. The smallest absolute Gasteiger partial charge is 0.424 e. The van der Waals surface area contributed by atoms with Crippen LogP contribution in [-0.2, 0) is 9.47 Å². The predicted octanol–water partition coefficient (Wildman–Crippen LogP) is 4.13. The van der Waals surface area contributed by atoms with E-state index in [2.05, 4.69) is 19.6 Å². The van der Waals surface area contributed by atoms with Crippen molar-refractivity contribution in [2.75, 3.05) is 4.90 Å². The van der Waals surface area contributed by atoms with E-state index in [1.165, 1.54) is 5.19 Å². The van der Waals surface area contributed by atoms with Gasteiger partial charge in [0, 0.05) is 0 Å². The monoisotopic (exact) mass is 337 g/mol. The number of nitrogens with zero attached hydrogens (tertiary/aromatic N) is 1. The Morgan fingerprint density at radius 1 is 0.870 bits per heavy atom. The molecule has 0 N–H and O–H groups in total. The minimum atomic E-state index is -1.45. The van der Waals surface area contributed by atoms with Gasteiger partial charge in [-0.25, -0.2) is 9.59 Å². The number of carbonyl (C=O) groups excluding carboxylic acids is 2. The SMILES string of the molecule is CC(C)OC(=O)N(C(=O)OC(C)C)c1ccc([Si](C)(C)C)cc1. The number of ether oxygens (including phenoxy) is 2. The number of imide groups is 1. The van der Waals surface area contributed by atoms with E-state index in [-0.39, 0.29) is 12.2 Å². The Bertz CT molecular complexity index is 525. The van der Waals surface area contributed by atoms with Crippen molar-refractivity contribution in [2.45, 2.75) is 59.5 Å². The summed E-state index contributed by atoms with van der Waals surface area (Å²) < 4.78 is 10.3. The van der Waals surface area contributed by atoms with Gasteiger partial charge in [-0.1, -0.05) is 37.0 Å². The Balaban J connectivity index is 3.13. The average Bonchev–Trinajstić information content (AvgIpc) is 2.36. The molecule has 0 aliphatic heterocycles. The van der Waals surface area contributed by atoms with Gasteiger partial charge < -0.3 is 9.47 Å². The predicted molar refractivity (Wildman–Crippen MR) is 95.1 cm³/mol. The van der Waals surface area contributed by atoms with Crippen molar-refractivity contribution in [1.82, 2.24) is 0 Å². The first-order valence-corrected chi connectivity index (χ1v) is 11.3.